The maximum atomic E-state index is 11.0. The van der Waals surface area contributed by atoms with Gasteiger partial charge < -0.3 is 9.64 Å². The molecule has 0 spiro atoms. The van der Waals surface area contributed by atoms with Gasteiger partial charge in [-0.2, -0.15) is 0 Å². The Hall–Kier alpha value is -0.410. The van der Waals surface area contributed by atoms with Crippen molar-refractivity contribution < 1.29 is 9.53 Å². The van der Waals surface area contributed by atoms with Crippen LogP contribution in [0, 0.1) is 5.92 Å². The van der Waals surface area contributed by atoms with E-state index >= 15 is 0 Å². The van der Waals surface area contributed by atoms with Gasteiger partial charge in [0.2, 0.25) is 0 Å². The first-order valence-corrected chi connectivity index (χ1v) is 5.87. The highest BCUT2D eigenvalue weighted by Crippen LogP contribution is 2.17. The lowest BCUT2D eigenvalue weighted by Crippen LogP contribution is -2.36. The molecule has 1 heterocycles. The SMILES string of the molecule is CC(=O)CC(C)N(C)CC1CCOCC1. The van der Waals surface area contributed by atoms with E-state index < -0.39 is 0 Å². The zero-order valence-corrected chi connectivity index (χ0v) is 10.2. The van der Waals surface area contributed by atoms with Crippen molar-refractivity contribution in [2.75, 3.05) is 26.8 Å². The van der Waals surface area contributed by atoms with Gasteiger partial charge in [-0.15, -0.1) is 0 Å². The number of hydrogen-bond donors (Lipinski definition) is 0. The Morgan fingerprint density at radius 2 is 2.07 bits per heavy atom. The van der Waals surface area contributed by atoms with E-state index in [0.717, 1.165) is 38.5 Å². The summed E-state index contributed by atoms with van der Waals surface area (Å²) < 4.78 is 5.33. The quantitative estimate of drug-likeness (QED) is 0.696. The van der Waals surface area contributed by atoms with E-state index in [1.807, 2.05) is 0 Å². The summed E-state index contributed by atoms with van der Waals surface area (Å²) in [5, 5.41) is 0. The van der Waals surface area contributed by atoms with E-state index in [2.05, 4.69) is 18.9 Å². The molecule has 0 N–H and O–H groups in total. The predicted octanol–water partition coefficient (Wildman–Crippen LogP) is 1.71. The standard InChI is InChI=1S/C12H23NO2/c1-10(8-11(2)14)13(3)9-12-4-6-15-7-5-12/h10,12H,4-9H2,1-3H3. The fourth-order valence-electron chi connectivity index (χ4n) is 2.09. The number of ether oxygens (including phenoxy) is 1. The highest BCUT2D eigenvalue weighted by molar-refractivity contribution is 5.76. The van der Waals surface area contributed by atoms with Crippen molar-refractivity contribution in [3.63, 3.8) is 0 Å². The third-order valence-corrected chi connectivity index (χ3v) is 3.22. The van der Waals surface area contributed by atoms with Gasteiger partial charge in [-0.3, -0.25) is 4.79 Å². The van der Waals surface area contributed by atoms with Crippen LogP contribution in [0.3, 0.4) is 0 Å². The molecule has 0 saturated carbocycles. The lowest BCUT2D eigenvalue weighted by atomic mass is 9.99. The molecule has 0 radical (unpaired) electrons. The molecule has 0 aliphatic carbocycles. The van der Waals surface area contributed by atoms with Gasteiger partial charge >= 0.3 is 0 Å². The largest absolute Gasteiger partial charge is 0.381 e. The van der Waals surface area contributed by atoms with Crippen LogP contribution >= 0.6 is 0 Å². The van der Waals surface area contributed by atoms with E-state index in [4.69, 9.17) is 4.74 Å². The van der Waals surface area contributed by atoms with Crippen LogP contribution in [-0.2, 0) is 9.53 Å². The molecule has 0 aromatic carbocycles. The monoisotopic (exact) mass is 213 g/mol. The third-order valence-electron chi connectivity index (χ3n) is 3.22. The summed E-state index contributed by atoms with van der Waals surface area (Å²) in [4.78, 5) is 13.3. The second-order valence-corrected chi connectivity index (χ2v) is 4.75. The Balaban J connectivity index is 2.26. The molecule has 1 unspecified atom stereocenters. The zero-order valence-electron chi connectivity index (χ0n) is 10.2. The Kier molecular flexibility index (Phi) is 5.26. The molecule has 0 aromatic rings. The Labute approximate surface area is 92.8 Å². The van der Waals surface area contributed by atoms with Gasteiger partial charge in [0.1, 0.15) is 5.78 Å². The molecular formula is C12H23NO2. The van der Waals surface area contributed by atoms with Gasteiger partial charge in [-0.25, -0.2) is 0 Å². The fourth-order valence-corrected chi connectivity index (χ4v) is 2.09. The molecule has 15 heavy (non-hydrogen) atoms. The van der Waals surface area contributed by atoms with Gasteiger partial charge in [0.05, 0.1) is 0 Å². The molecule has 3 nitrogen and oxygen atoms in total. The maximum absolute atomic E-state index is 11.0. The lowest BCUT2D eigenvalue weighted by Gasteiger charge is -2.30. The molecule has 3 heteroatoms. The molecule has 0 aromatic heterocycles. The first-order chi connectivity index (χ1) is 7.09. The molecular weight excluding hydrogens is 190 g/mol. The van der Waals surface area contributed by atoms with E-state index in [1.165, 1.54) is 0 Å². The van der Waals surface area contributed by atoms with E-state index in [1.54, 1.807) is 6.92 Å². The Bertz CT molecular complexity index is 200. The van der Waals surface area contributed by atoms with Crippen LogP contribution in [0.15, 0.2) is 0 Å². The predicted molar refractivity (Wildman–Crippen MR) is 60.9 cm³/mol. The average Bonchev–Trinajstić information content (AvgIpc) is 2.18. The fraction of sp³-hybridized carbons (Fsp3) is 0.917. The van der Waals surface area contributed by atoms with Crippen LogP contribution in [0.4, 0.5) is 0 Å². The van der Waals surface area contributed by atoms with Crippen LogP contribution in [0.5, 0.6) is 0 Å². The maximum Gasteiger partial charge on any atom is 0.131 e. The molecule has 1 saturated heterocycles. The number of carbonyl (C=O) groups is 1. The number of Topliss-reactive ketones (excluding diaryl/α,β-unsaturated/α-hetero) is 1. The summed E-state index contributed by atoms with van der Waals surface area (Å²) in [5.41, 5.74) is 0. The van der Waals surface area contributed by atoms with Crippen molar-refractivity contribution in [1.29, 1.82) is 0 Å². The van der Waals surface area contributed by atoms with Crippen molar-refractivity contribution in [2.24, 2.45) is 5.92 Å². The van der Waals surface area contributed by atoms with Crippen molar-refractivity contribution in [2.45, 2.75) is 39.2 Å². The average molecular weight is 213 g/mol. The highest BCUT2D eigenvalue weighted by atomic mass is 16.5. The normalized spacial score (nSPS) is 20.5. The molecule has 1 aliphatic rings. The molecule has 1 aliphatic heterocycles. The summed E-state index contributed by atoms with van der Waals surface area (Å²) in [6, 6.07) is 0.366. The molecule has 1 fully saturated rings. The second kappa shape index (κ2) is 6.23. The summed E-state index contributed by atoms with van der Waals surface area (Å²) in [7, 11) is 2.11. The van der Waals surface area contributed by atoms with Gasteiger partial charge in [-0.1, -0.05) is 0 Å². The second-order valence-electron chi connectivity index (χ2n) is 4.75. The first kappa shape index (κ1) is 12.7. The summed E-state index contributed by atoms with van der Waals surface area (Å²) >= 11 is 0. The number of rotatable bonds is 5. The van der Waals surface area contributed by atoms with Crippen LogP contribution < -0.4 is 0 Å². The van der Waals surface area contributed by atoms with Crippen LogP contribution in [-0.4, -0.2) is 43.5 Å². The molecule has 88 valence electrons. The summed E-state index contributed by atoms with van der Waals surface area (Å²) in [6.45, 7) is 6.69. The van der Waals surface area contributed by atoms with E-state index in [-0.39, 0.29) is 5.78 Å². The van der Waals surface area contributed by atoms with Crippen LogP contribution in [0.25, 0.3) is 0 Å². The van der Waals surface area contributed by atoms with Gasteiger partial charge in [0, 0.05) is 32.2 Å². The van der Waals surface area contributed by atoms with Crippen molar-refractivity contribution >= 4 is 5.78 Å². The van der Waals surface area contributed by atoms with Gasteiger partial charge in [-0.05, 0) is 39.7 Å². The minimum Gasteiger partial charge on any atom is -0.381 e. The van der Waals surface area contributed by atoms with Gasteiger partial charge in [0.25, 0.3) is 0 Å². The van der Waals surface area contributed by atoms with Crippen molar-refractivity contribution in [3.8, 4) is 0 Å². The molecule has 0 amide bonds. The first-order valence-electron chi connectivity index (χ1n) is 5.87. The number of nitrogens with zero attached hydrogens (tertiary/aromatic N) is 1. The van der Waals surface area contributed by atoms with Gasteiger partial charge in [0.15, 0.2) is 0 Å². The van der Waals surface area contributed by atoms with Crippen LogP contribution in [0.2, 0.25) is 0 Å². The number of ketones is 1. The van der Waals surface area contributed by atoms with E-state index in [9.17, 15) is 4.79 Å². The topological polar surface area (TPSA) is 29.5 Å². The molecule has 1 rings (SSSR count). The lowest BCUT2D eigenvalue weighted by molar-refractivity contribution is -0.118. The summed E-state index contributed by atoms with van der Waals surface area (Å²) in [5.74, 6) is 1.03. The number of hydrogen-bond acceptors (Lipinski definition) is 3. The smallest absolute Gasteiger partial charge is 0.131 e. The Morgan fingerprint density at radius 3 is 2.60 bits per heavy atom. The zero-order chi connectivity index (χ0) is 11.3. The van der Waals surface area contributed by atoms with Crippen LogP contribution in [0.1, 0.15) is 33.1 Å². The van der Waals surface area contributed by atoms with E-state index in [0.29, 0.717) is 12.5 Å². The highest BCUT2D eigenvalue weighted by Gasteiger charge is 2.18. The minimum atomic E-state index is 0.279. The molecule has 1 atom stereocenters. The summed E-state index contributed by atoms with van der Waals surface area (Å²) in [6.07, 6.45) is 2.99. The minimum absolute atomic E-state index is 0.279. The third kappa shape index (κ3) is 4.76. The van der Waals surface area contributed by atoms with Crippen molar-refractivity contribution in [3.05, 3.63) is 0 Å². The van der Waals surface area contributed by atoms with Crippen molar-refractivity contribution in [1.82, 2.24) is 4.90 Å². The Morgan fingerprint density at radius 1 is 1.47 bits per heavy atom. The molecule has 0 bridgehead atoms. The number of carbonyl (C=O) groups excluding carboxylic acids is 1.